The Balaban J connectivity index is 1.92. The van der Waals surface area contributed by atoms with Crippen LogP contribution in [0.15, 0.2) is 46.9 Å². The minimum absolute atomic E-state index is 0.208. The molecule has 0 bridgehead atoms. The summed E-state index contributed by atoms with van der Waals surface area (Å²) < 4.78 is 10.9. The van der Waals surface area contributed by atoms with Gasteiger partial charge in [0.25, 0.3) is 5.91 Å². The zero-order valence-corrected chi connectivity index (χ0v) is 16.1. The molecule has 1 amide bonds. The molecule has 0 radical (unpaired) electrons. The molecular weight excluding hydrogens is 410 g/mol. The van der Waals surface area contributed by atoms with Gasteiger partial charge in [0.05, 0.1) is 17.7 Å². The van der Waals surface area contributed by atoms with E-state index in [9.17, 15) is 9.59 Å². The SMILES string of the molecule is COc1cccc(CN(C)C(=O)COC(=O)c2cc(Br)ccc2Cl)c1. The molecule has 2 rings (SSSR count). The zero-order chi connectivity index (χ0) is 18.4. The number of amides is 1. The molecule has 0 atom stereocenters. The summed E-state index contributed by atoms with van der Waals surface area (Å²) in [5, 5.41) is 0.269. The normalized spacial score (nSPS) is 10.2. The lowest BCUT2D eigenvalue weighted by Gasteiger charge is -2.17. The van der Waals surface area contributed by atoms with Crippen molar-refractivity contribution in [1.29, 1.82) is 0 Å². The maximum atomic E-state index is 12.2. The van der Waals surface area contributed by atoms with E-state index in [2.05, 4.69) is 15.9 Å². The van der Waals surface area contributed by atoms with Crippen molar-refractivity contribution >= 4 is 39.4 Å². The quantitative estimate of drug-likeness (QED) is 0.657. The van der Waals surface area contributed by atoms with Gasteiger partial charge in [-0.15, -0.1) is 0 Å². The second-order valence-corrected chi connectivity index (χ2v) is 6.62. The van der Waals surface area contributed by atoms with Crippen LogP contribution in [0.25, 0.3) is 0 Å². The van der Waals surface area contributed by atoms with E-state index in [4.69, 9.17) is 21.1 Å². The average molecular weight is 427 g/mol. The van der Waals surface area contributed by atoms with Gasteiger partial charge in [0.1, 0.15) is 5.75 Å². The first-order chi connectivity index (χ1) is 11.9. The first-order valence-electron chi connectivity index (χ1n) is 7.39. The van der Waals surface area contributed by atoms with Crippen molar-refractivity contribution in [3.63, 3.8) is 0 Å². The van der Waals surface area contributed by atoms with Gasteiger partial charge >= 0.3 is 5.97 Å². The predicted octanol–water partition coefficient (Wildman–Crippen LogP) is 3.93. The molecule has 0 fully saturated rings. The summed E-state index contributed by atoms with van der Waals surface area (Å²) in [6.07, 6.45) is 0. The van der Waals surface area contributed by atoms with Gasteiger partial charge in [-0.1, -0.05) is 39.7 Å². The lowest BCUT2D eigenvalue weighted by atomic mass is 10.2. The molecule has 132 valence electrons. The largest absolute Gasteiger partial charge is 0.497 e. The number of carbonyl (C=O) groups is 2. The Bertz CT molecular complexity index is 781. The van der Waals surface area contributed by atoms with Crippen molar-refractivity contribution in [2.24, 2.45) is 0 Å². The summed E-state index contributed by atoms with van der Waals surface area (Å²) in [6.45, 7) is 0.0212. The van der Waals surface area contributed by atoms with Crippen LogP contribution in [0.3, 0.4) is 0 Å². The standard InChI is InChI=1S/C18H17BrClNO4/c1-21(10-12-4-3-5-14(8-12)24-2)17(22)11-25-18(23)15-9-13(19)6-7-16(15)20/h3-9H,10-11H2,1-2H3. The fourth-order valence-electron chi connectivity index (χ4n) is 2.10. The number of halogens is 2. The summed E-state index contributed by atoms with van der Waals surface area (Å²) in [5.41, 5.74) is 1.12. The van der Waals surface area contributed by atoms with Crippen molar-refractivity contribution in [2.75, 3.05) is 20.8 Å². The minimum atomic E-state index is -0.644. The number of rotatable bonds is 6. The Morgan fingerprint density at radius 3 is 2.68 bits per heavy atom. The Hall–Kier alpha value is -2.05. The van der Waals surface area contributed by atoms with Crippen molar-refractivity contribution in [1.82, 2.24) is 4.90 Å². The molecule has 7 heteroatoms. The molecule has 25 heavy (non-hydrogen) atoms. The van der Waals surface area contributed by atoms with Crippen LogP contribution in [0.5, 0.6) is 5.75 Å². The molecule has 0 saturated carbocycles. The molecule has 0 saturated heterocycles. The third-order valence-electron chi connectivity index (χ3n) is 3.45. The van der Waals surface area contributed by atoms with E-state index in [-0.39, 0.29) is 23.1 Å². The summed E-state index contributed by atoms with van der Waals surface area (Å²) >= 11 is 9.24. The van der Waals surface area contributed by atoms with Gasteiger partial charge in [-0.05, 0) is 35.9 Å². The van der Waals surface area contributed by atoms with E-state index in [1.807, 2.05) is 24.3 Å². The van der Waals surface area contributed by atoms with Gasteiger partial charge in [0, 0.05) is 18.1 Å². The predicted molar refractivity (Wildman–Crippen MR) is 98.9 cm³/mol. The first-order valence-corrected chi connectivity index (χ1v) is 8.57. The zero-order valence-electron chi connectivity index (χ0n) is 13.8. The van der Waals surface area contributed by atoms with E-state index in [1.54, 1.807) is 32.4 Å². The van der Waals surface area contributed by atoms with Crippen LogP contribution < -0.4 is 4.74 Å². The number of benzene rings is 2. The van der Waals surface area contributed by atoms with E-state index in [0.717, 1.165) is 5.56 Å². The van der Waals surface area contributed by atoms with Crippen molar-refractivity contribution < 1.29 is 19.1 Å². The van der Waals surface area contributed by atoms with Gasteiger partial charge in [-0.25, -0.2) is 4.79 Å². The summed E-state index contributed by atoms with van der Waals surface area (Å²) in [7, 11) is 3.22. The monoisotopic (exact) mass is 425 g/mol. The molecule has 0 aromatic heterocycles. The highest BCUT2D eigenvalue weighted by Gasteiger charge is 2.16. The van der Waals surface area contributed by atoms with Gasteiger partial charge in [0.2, 0.25) is 0 Å². The summed E-state index contributed by atoms with van der Waals surface area (Å²) in [5.74, 6) is -0.245. The molecule has 0 heterocycles. The summed E-state index contributed by atoms with van der Waals surface area (Å²) in [6, 6.07) is 12.3. The highest BCUT2D eigenvalue weighted by molar-refractivity contribution is 9.10. The molecule has 0 aliphatic rings. The molecule has 0 N–H and O–H groups in total. The number of nitrogens with zero attached hydrogens (tertiary/aromatic N) is 1. The smallest absolute Gasteiger partial charge is 0.340 e. The molecule has 0 unspecified atom stereocenters. The maximum absolute atomic E-state index is 12.2. The van der Waals surface area contributed by atoms with Gasteiger partial charge in [0.15, 0.2) is 6.61 Å². The Kier molecular flexibility index (Phi) is 6.84. The lowest BCUT2D eigenvalue weighted by molar-refractivity contribution is -0.133. The first kappa shape index (κ1) is 19.3. The van der Waals surface area contributed by atoms with Crippen molar-refractivity contribution in [3.05, 3.63) is 63.1 Å². The Labute approximate surface area is 159 Å². The van der Waals surface area contributed by atoms with Gasteiger partial charge in [-0.2, -0.15) is 0 Å². The second-order valence-electron chi connectivity index (χ2n) is 5.30. The Morgan fingerprint density at radius 1 is 1.20 bits per heavy atom. The van der Waals surface area contributed by atoms with E-state index in [1.165, 1.54) is 4.90 Å². The fourth-order valence-corrected chi connectivity index (χ4v) is 2.66. The molecule has 0 aliphatic carbocycles. The molecule has 2 aromatic carbocycles. The number of esters is 1. The molecule has 0 spiro atoms. The lowest BCUT2D eigenvalue weighted by Crippen LogP contribution is -2.30. The van der Waals surface area contributed by atoms with E-state index < -0.39 is 5.97 Å². The second kappa shape index (κ2) is 8.87. The van der Waals surface area contributed by atoms with Crippen LogP contribution >= 0.6 is 27.5 Å². The maximum Gasteiger partial charge on any atom is 0.340 e. The number of hydrogen-bond acceptors (Lipinski definition) is 4. The third kappa shape index (κ3) is 5.47. The minimum Gasteiger partial charge on any atom is -0.497 e. The van der Waals surface area contributed by atoms with Crippen LogP contribution in [0.1, 0.15) is 15.9 Å². The number of hydrogen-bond donors (Lipinski definition) is 0. The average Bonchev–Trinajstić information content (AvgIpc) is 2.61. The van der Waals surface area contributed by atoms with Crippen LogP contribution in [0, 0.1) is 0 Å². The van der Waals surface area contributed by atoms with Crippen LogP contribution in [0.2, 0.25) is 5.02 Å². The molecule has 0 aliphatic heterocycles. The molecular formula is C18H17BrClNO4. The number of methoxy groups -OCH3 is 1. The van der Waals surface area contributed by atoms with Gasteiger partial charge in [-0.3, -0.25) is 4.79 Å². The van der Waals surface area contributed by atoms with E-state index >= 15 is 0 Å². The van der Waals surface area contributed by atoms with E-state index in [0.29, 0.717) is 16.8 Å². The fraction of sp³-hybridized carbons (Fsp3) is 0.222. The topological polar surface area (TPSA) is 55.8 Å². The van der Waals surface area contributed by atoms with Crippen LogP contribution in [-0.4, -0.2) is 37.5 Å². The van der Waals surface area contributed by atoms with Crippen molar-refractivity contribution in [3.8, 4) is 5.75 Å². The highest BCUT2D eigenvalue weighted by atomic mass is 79.9. The van der Waals surface area contributed by atoms with Crippen LogP contribution in [0.4, 0.5) is 0 Å². The highest BCUT2D eigenvalue weighted by Crippen LogP contribution is 2.21. The Morgan fingerprint density at radius 2 is 1.96 bits per heavy atom. The van der Waals surface area contributed by atoms with Crippen molar-refractivity contribution in [2.45, 2.75) is 6.54 Å². The summed E-state index contributed by atoms with van der Waals surface area (Å²) in [4.78, 5) is 25.7. The number of likely N-dealkylation sites (N-methyl/N-ethyl adjacent to an activating group) is 1. The number of ether oxygens (including phenoxy) is 2. The van der Waals surface area contributed by atoms with Crippen LogP contribution in [-0.2, 0) is 16.1 Å². The third-order valence-corrected chi connectivity index (χ3v) is 4.28. The number of carbonyl (C=O) groups excluding carboxylic acids is 2. The molecule has 5 nitrogen and oxygen atoms in total. The van der Waals surface area contributed by atoms with Gasteiger partial charge < -0.3 is 14.4 Å². The molecule has 2 aromatic rings.